The van der Waals surface area contributed by atoms with Crippen LogP contribution in [0.1, 0.15) is 33.6 Å². The predicted molar refractivity (Wildman–Crippen MR) is 52.0 cm³/mol. The molecule has 0 saturated heterocycles. The molecule has 0 amide bonds. The van der Waals surface area contributed by atoms with Crippen LogP contribution in [0, 0.1) is 0 Å². The molecule has 62 valence electrons. The van der Waals surface area contributed by atoms with Crippen molar-refractivity contribution in [3.63, 3.8) is 0 Å². The van der Waals surface area contributed by atoms with Crippen LogP contribution in [0.3, 0.4) is 0 Å². The summed E-state index contributed by atoms with van der Waals surface area (Å²) in [5.41, 5.74) is 2.01. The smallest absolute Gasteiger partial charge is 0.0403 e. The molecule has 0 saturated carbocycles. The van der Waals surface area contributed by atoms with E-state index in [9.17, 15) is 0 Å². The Morgan fingerprint density at radius 3 is 2.55 bits per heavy atom. The SMILES string of the molecule is C=C(C)N=C(/C=C\C)CCC. The van der Waals surface area contributed by atoms with Gasteiger partial charge >= 0.3 is 0 Å². The zero-order valence-corrected chi connectivity index (χ0v) is 7.72. The second-order valence-electron chi connectivity index (χ2n) is 2.59. The molecule has 0 unspecified atom stereocenters. The fourth-order valence-electron chi connectivity index (χ4n) is 0.870. The van der Waals surface area contributed by atoms with Crippen molar-refractivity contribution >= 4 is 5.71 Å². The van der Waals surface area contributed by atoms with Crippen molar-refractivity contribution in [1.82, 2.24) is 0 Å². The lowest BCUT2D eigenvalue weighted by Gasteiger charge is -1.97. The van der Waals surface area contributed by atoms with Crippen LogP contribution in [0.25, 0.3) is 0 Å². The second-order valence-corrected chi connectivity index (χ2v) is 2.59. The van der Waals surface area contributed by atoms with Crippen LogP contribution in [0.4, 0.5) is 0 Å². The third kappa shape index (κ3) is 5.59. The monoisotopic (exact) mass is 151 g/mol. The molecule has 0 aliphatic carbocycles. The van der Waals surface area contributed by atoms with E-state index < -0.39 is 0 Å². The molecular formula is C10H17N. The van der Waals surface area contributed by atoms with Gasteiger partial charge in [-0.25, -0.2) is 0 Å². The number of rotatable bonds is 4. The first kappa shape index (κ1) is 10.2. The maximum atomic E-state index is 4.29. The Bertz CT molecular complexity index is 175. The Morgan fingerprint density at radius 1 is 1.55 bits per heavy atom. The van der Waals surface area contributed by atoms with Gasteiger partial charge in [-0.1, -0.05) is 26.0 Å². The summed E-state index contributed by atoms with van der Waals surface area (Å²) >= 11 is 0. The lowest BCUT2D eigenvalue weighted by Crippen LogP contribution is -1.92. The summed E-state index contributed by atoms with van der Waals surface area (Å²) in [5, 5.41) is 0. The minimum atomic E-state index is 0.881. The van der Waals surface area contributed by atoms with Gasteiger partial charge in [0.25, 0.3) is 0 Å². The Hall–Kier alpha value is -0.850. The molecule has 0 aromatic carbocycles. The van der Waals surface area contributed by atoms with Crippen molar-refractivity contribution in [2.45, 2.75) is 33.6 Å². The molecule has 1 heteroatoms. The van der Waals surface area contributed by atoms with E-state index in [0.717, 1.165) is 24.3 Å². The maximum Gasteiger partial charge on any atom is 0.0403 e. The van der Waals surface area contributed by atoms with E-state index in [1.807, 2.05) is 26.0 Å². The van der Waals surface area contributed by atoms with E-state index in [1.165, 1.54) is 0 Å². The highest BCUT2D eigenvalue weighted by Gasteiger charge is 1.90. The quantitative estimate of drug-likeness (QED) is 0.546. The molecule has 0 N–H and O–H groups in total. The third-order valence-corrected chi connectivity index (χ3v) is 1.20. The van der Waals surface area contributed by atoms with Crippen LogP contribution in [0.2, 0.25) is 0 Å². The molecule has 0 rings (SSSR count). The topological polar surface area (TPSA) is 12.4 Å². The van der Waals surface area contributed by atoms with E-state index in [0.29, 0.717) is 0 Å². The average Bonchev–Trinajstić information content (AvgIpc) is 1.87. The van der Waals surface area contributed by atoms with Gasteiger partial charge in [-0.05, 0) is 26.3 Å². The Kier molecular flexibility index (Phi) is 5.44. The van der Waals surface area contributed by atoms with Gasteiger partial charge in [0.2, 0.25) is 0 Å². The van der Waals surface area contributed by atoms with Gasteiger partial charge in [0.15, 0.2) is 0 Å². The minimum Gasteiger partial charge on any atom is -0.259 e. The van der Waals surface area contributed by atoms with Crippen molar-refractivity contribution < 1.29 is 0 Å². The molecule has 0 aliphatic heterocycles. The van der Waals surface area contributed by atoms with Crippen LogP contribution < -0.4 is 0 Å². The Morgan fingerprint density at radius 2 is 2.18 bits per heavy atom. The van der Waals surface area contributed by atoms with E-state index in [-0.39, 0.29) is 0 Å². The zero-order valence-electron chi connectivity index (χ0n) is 7.72. The van der Waals surface area contributed by atoms with Gasteiger partial charge in [-0.2, -0.15) is 0 Å². The van der Waals surface area contributed by atoms with Crippen LogP contribution in [0.5, 0.6) is 0 Å². The number of hydrogen-bond acceptors (Lipinski definition) is 1. The van der Waals surface area contributed by atoms with Gasteiger partial charge in [0.05, 0.1) is 0 Å². The van der Waals surface area contributed by atoms with Gasteiger partial charge in [0, 0.05) is 11.4 Å². The van der Waals surface area contributed by atoms with Gasteiger partial charge < -0.3 is 0 Å². The van der Waals surface area contributed by atoms with Gasteiger partial charge in [-0.15, -0.1) is 0 Å². The first-order chi connectivity index (χ1) is 5.20. The molecule has 0 bridgehead atoms. The van der Waals surface area contributed by atoms with Crippen molar-refractivity contribution in [2.24, 2.45) is 4.99 Å². The second kappa shape index (κ2) is 5.90. The summed E-state index contributed by atoms with van der Waals surface area (Å²) in [5.74, 6) is 0. The highest BCUT2D eigenvalue weighted by Crippen LogP contribution is 1.99. The average molecular weight is 151 g/mol. The van der Waals surface area contributed by atoms with Crippen molar-refractivity contribution in [2.75, 3.05) is 0 Å². The molecule has 11 heavy (non-hydrogen) atoms. The minimum absolute atomic E-state index is 0.881. The van der Waals surface area contributed by atoms with Gasteiger partial charge in [-0.3, -0.25) is 4.99 Å². The molecule has 0 atom stereocenters. The molecule has 0 aromatic rings. The third-order valence-electron chi connectivity index (χ3n) is 1.20. The molecular weight excluding hydrogens is 134 g/mol. The highest BCUT2D eigenvalue weighted by molar-refractivity contribution is 5.95. The Labute approximate surface area is 69.5 Å². The summed E-state index contributed by atoms with van der Waals surface area (Å²) in [6.07, 6.45) is 6.23. The van der Waals surface area contributed by atoms with Crippen molar-refractivity contribution in [3.8, 4) is 0 Å². The number of hydrogen-bond donors (Lipinski definition) is 0. The fourth-order valence-corrected chi connectivity index (χ4v) is 0.870. The number of nitrogens with zero attached hydrogens (tertiary/aromatic N) is 1. The first-order valence-corrected chi connectivity index (χ1v) is 4.06. The fraction of sp³-hybridized carbons (Fsp3) is 0.500. The molecule has 0 aliphatic rings. The molecule has 1 nitrogen and oxygen atoms in total. The molecule has 0 spiro atoms. The largest absolute Gasteiger partial charge is 0.259 e. The number of allylic oxidation sites excluding steroid dienone is 3. The first-order valence-electron chi connectivity index (χ1n) is 4.06. The normalized spacial score (nSPS) is 12.5. The molecule has 0 fully saturated rings. The standard InChI is InChI=1S/C10H17N/c1-5-7-10(8-6-2)11-9(3)4/h5,7H,3,6,8H2,1-2,4H3/b7-5-,11-10?. The van der Waals surface area contributed by atoms with E-state index in [1.54, 1.807) is 0 Å². The van der Waals surface area contributed by atoms with E-state index >= 15 is 0 Å². The summed E-state index contributed by atoms with van der Waals surface area (Å²) in [4.78, 5) is 4.29. The molecule has 0 heterocycles. The van der Waals surface area contributed by atoms with Crippen molar-refractivity contribution in [3.05, 3.63) is 24.4 Å². The summed E-state index contributed by atoms with van der Waals surface area (Å²) < 4.78 is 0. The van der Waals surface area contributed by atoms with Crippen LogP contribution >= 0.6 is 0 Å². The summed E-state index contributed by atoms with van der Waals surface area (Å²) in [6.45, 7) is 9.81. The predicted octanol–water partition coefficient (Wildman–Crippen LogP) is 3.34. The van der Waals surface area contributed by atoms with E-state index in [2.05, 4.69) is 18.5 Å². The van der Waals surface area contributed by atoms with Crippen LogP contribution in [-0.4, -0.2) is 5.71 Å². The Balaban J connectivity index is 4.19. The lowest BCUT2D eigenvalue weighted by atomic mass is 10.2. The number of aliphatic imine (C=N–C) groups is 1. The van der Waals surface area contributed by atoms with Gasteiger partial charge in [0.1, 0.15) is 0 Å². The summed E-state index contributed by atoms with van der Waals surface area (Å²) in [6, 6.07) is 0. The lowest BCUT2D eigenvalue weighted by molar-refractivity contribution is 0.992. The van der Waals surface area contributed by atoms with Crippen LogP contribution in [-0.2, 0) is 0 Å². The van der Waals surface area contributed by atoms with E-state index in [4.69, 9.17) is 0 Å². The molecule has 0 radical (unpaired) electrons. The van der Waals surface area contributed by atoms with Crippen LogP contribution in [0.15, 0.2) is 29.4 Å². The zero-order chi connectivity index (χ0) is 8.69. The maximum absolute atomic E-state index is 4.29. The van der Waals surface area contributed by atoms with Crippen molar-refractivity contribution in [1.29, 1.82) is 0 Å². The molecule has 0 aromatic heterocycles. The summed E-state index contributed by atoms with van der Waals surface area (Å²) in [7, 11) is 0. The highest BCUT2D eigenvalue weighted by atomic mass is 14.7.